The van der Waals surface area contributed by atoms with Crippen LogP contribution >= 0.6 is 0 Å². The molecule has 0 amide bonds. The molecule has 0 unspecified atom stereocenters. The summed E-state index contributed by atoms with van der Waals surface area (Å²) in [6.07, 6.45) is 0. The van der Waals surface area contributed by atoms with Crippen molar-refractivity contribution < 1.29 is 0 Å². The monoisotopic (exact) mass is 274 g/mol. The highest BCUT2D eigenvalue weighted by molar-refractivity contribution is 5.87. The minimum Gasteiger partial charge on any atom is -0.397 e. The normalized spacial score (nSPS) is 10.3. The zero-order valence-corrected chi connectivity index (χ0v) is 12.0. The first-order valence-corrected chi connectivity index (χ1v) is 7.01. The maximum Gasteiger partial charge on any atom is 0.0633 e. The molecule has 0 radical (unpaired) electrons. The van der Waals surface area contributed by atoms with E-state index in [2.05, 4.69) is 36.5 Å². The number of hydrogen-bond acceptors (Lipinski definition) is 2. The molecule has 0 aliphatic carbocycles. The van der Waals surface area contributed by atoms with Crippen molar-refractivity contribution in [3.63, 3.8) is 0 Å². The van der Waals surface area contributed by atoms with Crippen LogP contribution in [0.25, 0.3) is 11.1 Å². The number of benzene rings is 3. The summed E-state index contributed by atoms with van der Waals surface area (Å²) in [6, 6.07) is 24.5. The molecule has 0 aromatic heterocycles. The van der Waals surface area contributed by atoms with Gasteiger partial charge in [-0.25, -0.2) is 0 Å². The van der Waals surface area contributed by atoms with E-state index in [4.69, 9.17) is 5.73 Å². The highest BCUT2D eigenvalue weighted by atomic mass is 14.9. The molecule has 0 aliphatic heterocycles. The predicted molar refractivity (Wildman–Crippen MR) is 90.8 cm³/mol. The number of rotatable bonds is 3. The summed E-state index contributed by atoms with van der Waals surface area (Å²) in [5.41, 5.74) is 12.5. The molecule has 0 fully saturated rings. The standard InChI is InChI=1S/C19H18N2/c1-14-7-5-10-16(13-14)21-18-12-6-11-17(19(18)20)15-8-3-2-4-9-15/h2-13,21H,20H2,1H3. The molecule has 2 nitrogen and oxygen atoms in total. The van der Waals surface area contributed by atoms with Gasteiger partial charge in [0.05, 0.1) is 11.4 Å². The molecule has 2 heteroatoms. The van der Waals surface area contributed by atoms with E-state index >= 15 is 0 Å². The molecule has 0 saturated heterocycles. The lowest BCUT2D eigenvalue weighted by Crippen LogP contribution is -1.98. The Bertz CT molecular complexity index is 749. The van der Waals surface area contributed by atoms with E-state index in [-0.39, 0.29) is 0 Å². The van der Waals surface area contributed by atoms with E-state index in [9.17, 15) is 0 Å². The lowest BCUT2D eigenvalue weighted by molar-refractivity contribution is 1.45. The third kappa shape index (κ3) is 2.90. The van der Waals surface area contributed by atoms with Crippen LogP contribution in [0, 0.1) is 6.92 Å². The Hall–Kier alpha value is -2.74. The molecule has 0 atom stereocenters. The van der Waals surface area contributed by atoms with Crippen LogP contribution in [0.4, 0.5) is 17.1 Å². The minimum absolute atomic E-state index is 0.769. The molecule has 0 heterocycles. The first kappa shape index (κ1) is 13.3. The van der Waals surface area contributed by atoms with Gasteiger partial charge >= 0.3 is 0 Å². The minimum atomic E-state index is 0.769. The Morgan fingerprint density at radius 1 is 0.810 bits per heavy atom. The van der Waals surface area contributed by atoms with Crippen molar-refractivity contribution in [1.29, 1.82) is 0 Å². The van der Waals surface area contributed by atoms with Gasteiger partial charge in [0.15, 0.2) is 0 Å². The molecule has 0 aliphatic rings. The summed E-state index contributed by atoms with van der Waals surface area (Å²) < 4.78 is 0. The van der Waals surface area contributed by atoms with Gasteiger partial charge in [-0.1, -0.05) is 54.6 Å². The second-order valence-electron chi connectivity index (χ2n) is 5.13. The van der Waals surface area contributed by atoms with Crippen molar-refractivity contribution in [2.24, 2.45) is 0 Å². The topological polar surface area (TPSA) is 38.0 Å². The number of anilines is 3. The fourth-order valence-electron chi connectivity index (χ4n) is 2.42. The van der Waals surface area contributed by atoms with Gasteiger partial charge in [0.2, 0.25) is 0 Å². The molecular formula is C19H18N2. The van der Waals surface area contributed by atoms with E-state index in [1.165, 1.54) is 5.56 Å². The number of hydrogen-bond donors (Lipinski definition) is 2. The quantitative estimate of drug-likeness (QED) is 0.660. The van der Waals surface area contributed by atoms with Crippen LogP contribution in [0.2, 0.25) is 0 Å². The summed E-state index contributed by atoms with van der Waals surface area (Å²) >= 11 is 0. The number of para-hydroxylation sites is 1. The summed E-state index contributed by atoms with van der Waals surface area (Å²) in [4.78, 5) is 0. The Kier molecular flexibility index (Phi) is 3.61. The van der Waals surface area contributed by atoms with Crippen molar-refractivity contribution in [3.05, 3.63) is 78.4 Å². The van der Waals surface area contributed by atoms with E-state index in [0.29, 0.717) is 0 Å². The zero-order valence-electron chi connectivity index (χ0n) is 12.0. The Morgan fingerprint density at radius 2 is 1.57 bits per heavy atom. The molecule has 3 N–H and O–H groups in total. The Labute approximate surface area is 125 Å². The largest absolute Gasteiger partial charge is 0.397 e. The van der Waals surface area contributed by atoms with Crippen molar-refractivity contribution in [1.82, 2.24) is 0 Å². The first-order valence-electron chi connectivity index (χ1n) is 7.01. The molecule has 3 aromatic rings. The van der Waals surface area contributed by atoms with Crippen molar-refractivity contribution in [2.45, 2.75) is 6.92 Å². The first-order chi connectivity index (χ1) is 10.2. The van der Waals surface area contributed by atoms with Crippen LogP contribution in [0.5, 0.6) is 0 Å². The predicted octanol–water partition coefficient (Wildman–Crippen LogP) is 4.99. The summed E-state index contributed by atoms with van der Waals surface area (Å²) in [5.74, 6) is 0. The van der Waals surface area contributed by atoms with E-state index < -0.39 is 0 Å². The molecular weight excluding hydrogens is 256 g/mol. The van der Waals surface area contributed by atoms with E-state index in [1.54, 1.807) is 0 Å². The summed E-state index contributed by atoms with van der Waals surface area (Å²) in [7, 11) is 0. The van der Waals surface area contributed by atoms with Crippen LogP contribution in [-0.2, 0) is 0 Å². The van der Waals surface area contributed by atoms with Crippen molar-refractivity contribution in [2.75, 3.05) is 11.1 Å². The fourth-order valence-corrected chi connectivity index (χ4v) is 2.42. The van der Waals surface area contributed by atoms with Crippen LogP contribution < -0.4 is 11.1 Å². The van der Waals surface area contributed by atoms with Gasteiger partial charge in [0.25, 0.3) is 0 Å². The molecule has 0 bridgehead atoms. The van der Waals surface area contributed by atoms with Crippen LogP contribution in [0.3, 0.4) is 0 Å². The smallest absolute Gasteiger partial charge is 0.0633 e. The third-order valence-electron chi connectivity index (χ3n) is 3.49. The van der Waals surface area contributed by atoms with Gasteiger partial charge in [0.1, 0.15) is 0 Å². The number of nitrogen functional groups attached to an aromatic ring is 1. The molecule has 104 valence electrons. The van der Waals surface area contributed by atoms with Gasteiger partial charge < -0.3 is 11.1 Å². The Morgan fingerprint density at radius 3 is 2.33 bits per heavy atom. The van der Waals surface area contributed by atoms with Crippen LogP contribution in [-0.4, -0.2) is 0 Å². The average Bonchev–Trinajstić information content (AvgIpc) is 2.50. The number of nitrogens with two attached hydrogens (primary N) is 1. The van der Waals surface area contributed by atoms with Gasteiger partial charge in [0, 0.05) is 11.3 Å². The number of nitrogens with one attached hydrogen (secondary N) is 1. The molecule has 21 heavy (non-hydrogen) atoms. The van der Waals surface area contributed by atoms with Crippen molar-refractivity contribution in [3.8, 4) is 11.1 Å². The molecule has 0 spiro atoms. The molecule has 0 saturated carbocycles. The van der Waals surface area contributed by atoms with Gasteiger partial charge in [-0.2, -0.15) is 0 Å². The molecule has 3 aromatic carbocycles. The highest BCUT2D eigenvalue weighted by Crippen LogP contribution is 2.33. The van der Waals surface area contributed by atoms with Crippen LogP contribution in [0.15, 0.2) is 72.8 Å². The van der Waals surface area contributed by atoms with E-state index in [0.717, 1.165) is 28.2 Å². The second kappa shape index (κ2) is 5.71. The lowest BCUT2D eigenvalue weighted by Gasteiger charge is -2.13. The SMILES string of the molecule is Cc1cccc(Nc2cccc(-c3ccccc3)c2N)c1. The van der Waals surface area contributed by atoms with Crippen LogP contribution in [0.1, 0.15) is 5.56 Å². The maximum atomic E-state index is 6.34. The fraction of sp³-hybridized carbons (Fsp3) is 0.0526. The van der Waals surface area contributed by atoms with Crippen molar-refractivity contribution >= 4 is 17.1 Å². The van der Waals surface area contributed by atoms with Gasteiger partial charge in [-0.15, -0.1) is 0 Å². The third-order valence-corrected chi connectivity index (χ3v) is 3.49. The zero-order chi connectivity index (χ0) is 14.7. The maximum absolute atomic E-state index is 6.34. The summed E-state index contributed by atoms with van der Waals surface area (Å²) in [5, 5.41) is 3.40. The highest BCUT2D eigenvalue weighted by Gasteiger charge is 2.07. The lowest BCUT2D eigenvalue weighted by atomic mass is 10.0. The summed E-state index contributed by atoms with van der Waals surface area (Å²) in [6.45, 7) is 2.08. The average molecular weight is 274 g/mol. The molecule has 3 rings (SSSR count). The van der Waals surface area contributed by atoms with E-state index in [1.807, 2.05) is 48.5 Å². The van der Waals surface area contributed by atoms with Gasteiger partial charge in [-0.3, -0.25) is 0 Å². The number of aryl methyl sites for hydroxylation is 1. The van der Waals surface area contributed by atoms with Gasteiger partial charge in [-0.05, 0) is 36.2 Å². The Balaban J connectivity index is 1.97. The second-order valence-corrected chi connectivity index (χ2v) is 5.13.